The molecule has 0 aliphatic rings. The molecular formula is C20H15BrFN3O2S. The zero-order valence-corrected chi connectivity index (χ0v) is 17.1. The quantitative estimate of drug-likeness (QED) is 0.449. The Bertz CT molecular complexity index is 1320. The number of nitrogens with two attached hydrogens (primary N) is 1. The summed E-state index contributed by atoms with van der Waals surface area (Å²) < 4.78 is 42.7. The van der Waals surface area contributed by atoms with Crippen LogP contribution in [0.3, 0.4) is 0 Å². The highest BCUT2D eigenvalue weighted by Crippen LogP contribution is 2.35. The van der Waals surface area contributed by atoms with Crippen LogP contribution in [0.1, 0.15) is 5.56 Å². The molecule has 0 saturated heterocycles. The van der Waals surface area contributed by atoms with Crippen LogP contribution in [-0.2, 0) is 10.0 Å². The number of benzene rings is 2. The molecule has 0 atom stereocenters. The minimum Gasteiger partial charge on any atom is -0.399 e. The van der Waals surface area contributed by atoms with Gasteiger partial charge in [0.05, 0.1) is 4.90 Å². The third kappa shape index (κ3) is 3.08. The molecule has 4 rings (SSSR count). The lowest BCUT2D eigenvalue weighted by Gasteiger charge is -2.07. The van der Waals surface area contributed by atoms with Crippen molar-refractivity contribution in [2.75, 3.05) is 5.73 Å². The summed E-state index contributed by atoms with van der Waals surface area (Å²) in [5.41, 5.74) is 7.95. The Morgan fingerprint density at radius 3 is 2.50 bits per heavy atom. The van der Waals surface area contributed by atoms with Crippen LogP contribution in [0.25, 0.3) is 22.2 Å². The van der Waals surface area contributed by atoms with Gasteiger partial charge in [0.2, 0.25) is 0 Å². The van der Waals surface area contributed by atoms with Crippen LogP contribution in [0.2, 0.25) is 0 Å². The summed E-state index contributed by atoms with van der Waals surface area (Å²) in [6, 6.07) is 12.4. The van der Waals surface area contributed by atoms with Gasteiger partial charge in [-0.25, -0.2) is 21.8 Å². The molecule has 0 unspecified atom stereocenters. The molecule has 8 heteroatoms. The molecule has 0 amide bonds. The van der Waals surface area contributed by atoms with Crippen molar-refractivity contribution in [1.29, 1.82) is 0 Å². The van der Waals surface area contributed by atoms with Crippen molar-refractivity contribution in [2.24, 2.45) is 0 Å². The molecular weight excluding hydrogens is 445 g/mol. The standard InChI is InChI=1S/C20H15BrFN3O2S/c1-12-2-5-15(6-3-12)28(26,27)25-11-18(16-9-14(23)4-7-19(16)22)17-8-13(21)10-24-20(17)25/h2-11H,23H2,1H3. The van der Waals surface area contributed by atoms with Gasteiger partial charge in [0.1, 0.15) is 5.82 Å². The molecule has 2 aromatic heterocycles. The Balaban J connectivity index is 2.03. The number of nitrogen functional groups attached to an aromatic ring is 1. The summed E-state index contributed by atoms with van der Waals surface area (Å²) in [5.74, 6) is -0.499. The Hall–Kier alpha value is -2.71. The zero-order valence-electron chi connectivity index (χ0n) is 14.7. The number of halogens is 2. The lowest BCUT2D eigenvalue weighted by molar-refractivity contribution is 0.588. The van der Waals surface area contributed by atoms with E-state index >= 15 is 0 Å². The predicted octanol–water partition coefficient (Wildman–Crippen LogP) is 4.73. The number of pyridine rings is 1. The highest BCUT2D eigenvalue weighted by Gasteiger charge is 2.24. The zero-order chi connectivity index (χ0) is 20.1. The molecule has 0 aliphatic heterocycles. The van der Waals surface area contributed by atoms with E-state index in [1.807, 2.05) is 6.92 Å². The lowest BCUT2D eigenvalue weighted by atomic mass is 10.0. The van der Waals surface area contributed by atoms with Crippen molar-refractivity contribution in [3.05, 3.63) is 76.8 Å². The van der Waals surface area contributed by atoms with Gasteiger partial charge in [0.15, 0.2) is 5.65 Å². The molecule has 0 fully saturated rings. The second kappa shape index (κ2) is 6.72. The first kappa shape index (κ1) is 18.6. The van der Waals surface area contributed by atoms with Crippen LogP contribution < -0.4 is 5.73 Å². The minimum absolute atomic E-state index is 0.124. The van der Waals surface area contributed by atoms with Gasteiger partial charge in [-0.3, -0.25) is 0 Å². The van der Waals surface area contributed by atoms with Gasteiger partial charge in [0, 0.05) is 39.1 Å². The van der Waals surface area contributed by atoms with E-state index in [2.05, 4.69) is 20.9 Å². The van der Waals surface area contributed by atoms with Crippen LogP contribution in [0.5, 0.6) is 0 Å². The maximum atomic E-state index is 14.5. The highest BCUT2D eigenvalue weighted by atomic mass is 79.9. The smallest absolute Gasteiger partial charge is 0.269 e. The first-order valence-electron chi connectivity index (χ1n) is 8.31. The van der Waals surface area contributed by atoms with Crippen molar-refractivity contribution in [2.45, 2.75) is 11.8 Å². The van der Waals surface area contributed by atoms with Gasteiger partial charge in [0.25, 0.3) is 10.0 Å². The maximum Gasteiger partial charge on any atom is 0.269 e. The molecule has 0 bridgehead atoms. The molecule has 142 valence electrons. The number of fused-ring (bicyclic) bond motifs is 1. The third-order valence-electron chi connectivity index (χ3n) is 4.44. The van der Waals surface area contributed by atoms with E-state index in [-0.39, 0.29) is 16.1 Å². The van der Waals surface area contributed by atoms with E-state index in [1.54, 1.807) is 18.2 Å². The van der Waals surface area contributed by atoms with Gasteiger partial charge in [-0.05, 0) is 59.3 Å². The fourth-order valence-electron chi connectivity index (χ4n) is 3.02. The molecule has 28 heavy (non-hydrogen) atoms. The summed E-state index contributed by atoms with van der Waals surface area (Å²) >= 11 is 3.35. The number of nitrogens with zero attached hydrogens (tertiary/aromatic N) is 2. The fraction of sp³-hybridized carbons (Fsp3) is 0.0500. The van der Waals surface area contributed by atoms with Gasteiger partial charge in [-0.2, -0.15) is 0 Å². The molecule has 4 aromatic rings. The largest absolute Gasteiger partial charge is 0.399 e. The maximum absolute atomic E-state index is 14.5. The monoisotopic (exact) mass is 459 g/mol. The Kier molecular flexibility index (Phi) is 4.47. The first-order valence-corrected chi connectivity index (χ1v) is 10.5. The number of aromatic nitrogens is 2. The van der Waals surface area contributed by atoms with Crippen LogP contribution in [0, 0.1) is 12.7 Å². The van der Waals surface area contributed by atoms with Crippen molar-refractivity contribution in [1.82, 2.24) is 8.96 Å². The molecule has 2 aromatic carbocycles. The number of aryl methyl sites for hydroxylation is 1. The predicted molar refractivity (Wildman–Crippen MR) is 111 cm³/mol. The molecule has 2 heterocycles. The average molecular weight is 460 g/mol. The van der Waals surface area contributed by atoms with Crippen molar-refractivity contribution in [3.63, 3.8) is 0 Å². The van der Waals surface area contributed by atoms with E-state index in [1.165, 1.54) is 42.7 Å². The van der Waals surface area contributed by atoms with E-state index in [9.17, 15) is 12.8 Å². The molecule has 2 N–H and O–H groups in total. The normalized spacial score (nSPS) is 11.8. The topological polar surface area (TPSA) is 78.0 Å². The highest BCUT2D eigenvalue weighted by molar-refractivity contribution is 9.10. The number of anilines is 1. The molecule has 0 saturated carbocycles. The SMILES string of the molecule is Cc1ccc(S(=O)(=O)n2cc(-c3cc(N)ccc3F)c3cc(Br)cnc32)cc1. The summed E-state index contributed by atoms with van der Waals surface area (Å²) in [7, 11) is -3.92. The second-order valence-corrected chi connectivity index (χ2v) is 9.15. The Labute approximate surface area is 169 Å². The van der Waals surface area contributed by atoms with Gasteiger partial charge >= 0.3 is 0 Å². The summed E-state index contributed by atoms with van der Waals surface area (Å²) in [5, 5.41) is 0.495. The van der Waals surface area contributed by atoms with E-state index in [0.717, 1.165) is 9.54 Å². The number of rotatable bonds is 3. The molecule has 0 radical (unpaired) electrons. The van der Waals surface area contributed by atoms with E-state index < -0.39 is 15.8 Å². The van der Waals surface area contributed by atoms with E-state index in [0.29, 0.717) is 21.1 Å². The van der Waals surface area contributed by atoms with Gasteiger partial charge in [-0.1, -0.05) is 17.7 Å². The van der Waals surface area contributed by atoms with Crippen molar-refractivity contribution < 1.29 is 12.8 Å². The summed E-state index contributed by atoms with van der Waals surface area (Å²) in [4.78, 5) is 4.40. The van der Waals surface area contributed by atoms with Gasteiger partial charge < -0.3 is 5.73 Å². The Morgan fingerprint density at radius 1 is 1.07 bits per heavy atom. The third-order valence-corrected chi connectivity index (χ3v) is 6.53. The Morgan fingerprint density at radius 2 is 1.79 bits per heavy atom. The lowest BCUT2D eigenvalue weighted by Crippen LogP contribution is -2.12. The minimum atomic E-state index is -3.92. The first-order chi connectivity index (χ1) is 13.3. The van der Waals surface area contributed by atoms with Crippen LogP contribution >= 0.6 is 15.9 Å². The van der Waals surface area contributed by atoms with Crippen LogP contribution in [-0.4, -0.2) is 17.4 Å². The molecule has 0 spiro atoms. The summed E-state index contributed by atoms with van der Waals surface area (Å²) in [6.45, 7) is 1.88. The van der Waals surface area contributed by atoms with Crippen molar-refractivity contribution >= 4 is 42.7 Å². The van der Waals surface area contributed by atoms with E-state index in [4.69, 9.17) is 5.73 Å². The van der Waals surface area contributed by atoms with Gasteiger partial charge in [-0.15, -0.1) is 0 Å². The number of hydrogen-bond donors (Lipinski definition) is 1. The fourth-order valence-corrected chi connectivity index (χ4v) is 4.68. The molecule has 0 aliphatic carbocycles. The second-order valence-electron chi connectivity index (χ2n) is 6.42. The summed E-state index contributed by atoms with van der Waals surface area (Å²) in [6.07, 6.45) is 2.89. The molecule has 5 nitrogen and oxygen atoms in total. The van der Waals surface area contributed by atoms with Crippen LogP contribution in [0.15, 0.2) is 70.3 Å². The number of hydrogen-bond acceptors (Lipinski definition) is 4. The van der Waals surface area contributed by atoms with Crippen molar-refractivity contribution in [3.8, 4) is 11.1 Å². The average Bonchev–Trinajstić information content (AvgIpc) is 3.03. The van der Waals surface area contributed by atoms with Crippen LogP contribution in [0.4, 0.5) is 10.1 Å².